The molecule has 2 aromatic carbocycles. The highest BCUT2D eigenvalue weighted by Crippen LogP contribution is 2.39. The molecule has 0 aliphatic carbocycles. The second kappa shape index (κ2) is 17.3. The summed E-state index contributed by atoms with van der Waals surface area (Å²) in [6.07, 6.45) is 7.15. The minimum absolute atomic E-state index is 0.127. The zero-order valence-corrected chi connectivity index (χ0v) is 31.6. The summed E-state index contributed by atoms with van der Waals surface area (Å²) in [4.78, 5) is 49.5. The van der Waals surface area contributed by atoms with Gasteiger partial charge in [-0.25, -0.2) is 0 Å². The van der Waals surface area contributed by atoms with Gasteiger partial charge in [-0.1, -0.05) is 41.9 Å². The van der Waals surface area contributed by atoms with E-state index in [0.29, 0.717) is 47.3 Å². The van der Waals surface area contributed by atoms with E-state index in [4.69, 9.17) is 16.3 Å². The molecule has 0 radical (unpaired) electrons. The minimum Gasteiger partial charge on any atom is -0.496 e. The number of amides is 3. The smallest absolute Gasteiger partial charge is 0.274 e. The molecule has 2 aliphatic rings. The molecule has 2 aromatic heterocycles. The van der Waals surface area contributed by atoms with Crippen LogP contribution in [0.5, 0.6) is 5.75 Å². The third kappa shape index (κ3) is 9.22. The number of benzene rings is 2. The molecule has 2 aliphatic heterocycles. The van der Waals surface area contributed by atoms with Crippen LogP contribution in [0, 0.1) is 6.92 Å². The van der Waals surface area contributed by atoms with Gasteiger partial charge in [0.05, 0.1) is 17.8 Å². The number of likely N-dealkylation sites (tertiary alicyclic amines) is 2. The Hall–Kier alpha value is -4.84. The Kier molecular flexibility index (Phi) is 12.4. The molecule has 2 saturated heterocycles. The van der Waals surface area contributed by atoms with Crippen LogP contribution in [0.1, 0.15) is 66.7 Å². The van der Waals surface area contributed by atoms with E-state index in [1.165, 1.54) is 0 Å². The Labute approximate surface area is 316 Å². The number of ether oxygens (including phenoxy) is 1. The number of halogens is 1. The summed E-state index contributed by atoms with van der Waals surface area (Å²) in [5.41, 5.74) is 7.01. The molecule has 4 heterocycles. The van der Waals surface area contributed by atoms with Crippen LogP contribution in [0.3, 0.4) is 0 Å². The van der Waals surface area contributed by atoms with E-state index < -0.39 is 0 Å². The lowest BCUT2D eigenvalue weighted by Gasteiger charge is -2.32. The molecule has 6 rings (SSSR count). The van der Waals surface area contributed by atoms with E-state index >= 15 is 0 Å². The number of hydrogen-bond acceptors (Lipinski definition) is 8. The van der Waals surface area contributed by atoms with Gasteiger partial charge in [0.15, 0.2) is 0 Å². The fourth-order valence-electron chi connectivity index (χ4n) is 7.12. The van der Waals surface area contributed by atoms with Crippen molar-refractivity contribution >= 4 is 35.0 Å². The van der Waals surface area contributed by atoms with Gasteiger partial charge in [0.1, 0.15) is 11.4 Å². The molecule has 11 nitrogen and oxygen atoms in total. The fourth-order valence-corrected chi connectivity index (χ4v) is 7.44. The number of pyridine rings is 2. The highest BCUT2D eigenvalue weighted by Gasteiger charge is 2.22. The number of nitrogens with one attached hydrogen (secondary N) is 3. The molecule has 12 heteroatoms. The van der Waals surface area contributed by atoms with E-state index in [9.17, 15) is 14.4 Å². The van der Waals surface area contributed by atoms with Crippen molar-refractivity contribution in [2.24, 2.45) is 0 Å². The molecule has 0 bridgehead atoms. The third-order valence-corrected chi connectivity index (χ3v) is 10.8. The van der Waals surface area contributed by atoms with Gasteiger partial charge in [-0.15, -0.1) is 0 Å². The molecular weight excluding hydrogens is 690 g/mol. The van der Waals surface area contributed by atoms with Crippen LogP contribution < -0.4 is 20.7 Å². The van der Waals surface area contributed by atoms with Gasteiger partial charge in [-0.05, 0) is 73.6 Å². The highest BCUT2D eigenvalue weighted by molar-refractivity contribution is 6.35. The number of rotatable bonds is 11. The van der Waals surface area contributed by atoms with E-state index in [1.807, 2.05) is 65.3 Å². The summed E-state index contributed by atoms with van der Waals surface area (Å²) in [5, 5.41) is 10.7. The summed E-state index contributed by atoms with van der Waals surface area (Å²) in [6, 6.07) is 18.0. The van der Waals surface area contributed by atoms with Crippen LogP contribution in [0.15, 0.2) is 67.0 Å². The average molecular weight is 738 g/mol. The third-order valence-electron chi connectivity index (χ3n) is 10.4. The lowest BCUT2D eigenvalue weighted by molar-refractivity contribution is -0.130. The molecule has 3 amide bonds. The maximum atomic E-state index is 13.3. The minimum atomic E-state index is -0.300. The second-order valence-corrected chi connectivity index (χ2v) is 14.2. The van der Waals surface area contributed by atoms with Crippen molar-refractivity contribution < 1.29 is 19.1 Å². The van der Waals surface area contributed by atoms with Crippen LogP contribution in [-0.4, -0.2) is 82.9 Å². The molecule has 0 spiro atoms. The Balaban J connectivity index is 1.10. The predicted molar refractivity (Wildman–Crippen MR) is 208 cm³/mol. The Morgan fingerprint density at radius 3 is 2.09 bits per heavy atom. The van der Waals surface area contributed by atoms with Crippen molar-refractivity contribution in [1.82, 2.24) is 30.4 Å². The molecule has 2 fully saturated rings. The first-order valence-electron chi connectivity index (χ1n) is 18.3. The van der Waals surface area contributed by atoms with Crippen molar-refractivity contribution in [1.29, 1.82) is 0 Å². The van der Waals surface area contributed by atoms with E-state index in [2.05, 4.69) is 25.9 Å². The molecule has 53 heavy (non-hydrogen) atoms. The summed E-state index contributed by atoms with van der Waals surface area (Å²) < 4.78 is 5.79. The summed E-state index contributed by atoms with van der Waals surface area (Å²) in [6.45, 7) is 9.57. The standard InChI is InChI=1S/C41H48ClN7O4/c1-26-34(6-5-7-36(26)47-41(52)37-11-8-29(24-46-37)23-44-32-13-18-48(19-14-32)27(2)50)35-12-17-43-40(39(35)42)30-9-10-31(38(22-30)53-4)25-45-33-15-20-49(21-16-33)28(3)51/h5-12,17,22,24,32-33,44-45H,13-16,18-21,23,25H2,1-4H3,(H,47,52). The zero-order valence-electron chi connectivity index (χ0n) is 30.9. The number of nitrogens with zero attached hydrogens (tertiary/aromatic N) is 4. The molecule has 4 aromatic rings. The normalized spacial score (nSPS) is 15.3. The Morgan fingerprint density at radius 1 is 0.830 bits per heavy atom. The predicted octanol–water partition coefficient (Wildman–Crippen LogP) is 6.23. The molecule has 0 saturated carbocycles. The first kappa shape index (κ1) is 37.9. The van der Waals surface area contributed by atoms with Gasteiger partial charge >= 0.3 is 0 Å². The number of carbonyl (C=O) groups is 3. The monoisotopic (exact) mass is 737 g/mol. The van der Waals surface area contributed by atoms with Crippen molar-refractivity contribution in [2.45, 2.75) is 71.6 Å². The number of hydrogen-bond donors (Lipinski definition) is 3. The first-order chi connectivity index (χ1) is 25.6. The van der Waals surface area contributed by atoms with Crippen LogP contribution in [0.25, 0.3) is 22.4 Å². The lowest BCUT2D eigenvalue weighted by Crippen LogP contribution is -2.43. The van der Waals surface area contributed by atoms with E-state index in [0.717, 1.165) is 91.0 Å². The van der Waals surface area contributed by atoms with Crippen molar-refractivity contribution in [3.63, 3.8) is 0 Å². The molecule has 278 valence electrons. The fraction of sp³-hybridized carbons (Fsp3) is 0.390. The average Bonchev–Trinajstić information content (AvgIpc) is 3.17. The molecule has 3 N–H and O–H groups in total. The van der Waals surface area contributed by atoms with Crippen molar-refractivity contribution in [2.75, 3.05) is 38.6 Å². The van der Waals surface area contributed by atoms with Gasteiger partial charge in [0, 0.05) is 100.0 Å². The largest absolute Gasteiger partial charge is 0.496 e. The topological polar surface area (TPSA) is 129 Å². The van der Waals surface area contributed by atoms with Gasteiger partial charge in [0.2, 0.25) is 11.8 Å². The summed E-state index contributed by atoms with van der Waals surface area (Å²) >= 11 is 7.08. The number of methoxy groups -OCH3 is 1. The van der Waals surface area contributed by atoms with Crippen LogP contribution in [-0.2, 0) is 22.7 Å². The molecular formula is C41H48ClN7O4. The number of anilines is 1. The molecule has 0 unspecified atom stereocenters. The number of aromatic nitrogens is 2. The highest BCUT2D eigenvalue weighted by atomic mass is 35.5. The quantitative estimate of drug-likeness (QED) is 0.165. The van der Waals surface area contributed by atoms with Gasteiger partial charge in [-0.2, -0.15) is 0 Å². The lowest BCUT2D eigenvalue weighted by atomic mass is 9.97. The SMILES string of the molecule is COc1cc(-c2nccc(-c3cccc(NC(=O)c4ccc(CNC5CCN(C(C)=O)CC5)cn4)c3C)c2Cl)ccc1CNC1CCN(C(C)=O)CC1. The van der Waals surface area contributed by atoms with Crippen LogP contribution in [0.4, 0.5) is 5.69 Å². The van der Waals surface area contributed by atoms with E-state index in [-0.39, 0.29) is 17.7 Å². The van der Waals surface area contributed by atoms with Crippen molar-refractivity contribution in [3.8, 4) is 28.1 Å². The Morgan fingerprint density at radius 2 is 1.49 bits per heavy atom. The summed E-state index contributed by atoms with van der Waals surface area (Å²) in [5.74, 6) is 0.699. The number of piperidine rings is 2. The second-order valence-electron chi connectivity index (χ2n) is 13.9. The first-order valence-corrected chi connectivity index (χ1v) is 18.6. The zero-order chi connectivity index (χ0) is 37.5. The maximum Gasteiger partial charge on any atom is 0.274 e. The van der Waals surface area contributed by atoms with Gasteiger partial charge in [-0.3, -0.25) is 24.4 Å². The Bertz CT molecular complexity index is 1940. The molecule has 0 atom stereocenters. The maximum absolute atomic E-state index is 13.3. The summed E-state index contributed by atoms with van der Waals surface area (Å²) in [7, 11) is 1.66. The van der Waals surface area contributed by atoms with E-state index in [1.54, 1.807) is 39.4 Å². The van der Waals surface area contributed by atoms with Gasteiger partial charge in [0.25, 0.3) is 5.91 Å². The van der Waals surface area contributed by atoms with Crippen LogP contribution >= 0.6 is 11.6 Å². The van der Waals surface area contributed by atoms with Gasteiger partial charge < -0.3 is 30.5 Å². The number of carbonyl (C=O) groups excluding carboxylic acids is 3. The van der Waals surface area contributed by atoms with Crippen LogP contribution in [0.2, 0.25) is 5.02 Å². The van der Waals surface area contributed by atoms with Crippen molar-refractivity contribution in [3.05, 3.63) is 94.4 Å².